The molecule has 0 N–H and O–H groups in total. The lowest BCUT2D eigenvalue weighted by molar-refractivity contribution is -0.453. The fraction of sp³-hybridized carbons (Fsp3) is 0.889. The Hall–Kier alpha value is -0.650. The van der Waals surface area contributed by atoms with Gasteiger partial charge < -0.3 is 0 Å². The summed E-state index contributed by atoms with van der Waals surface area (Å²) in [5.41, 5.74) is 0. The Kier molecular flexibility index (Phi) is 10.4. The van der Waals surface area contributed by atoms with E-state index in [1.807, 2.05) is 0 Å². The van der Waals surface area contributed by atoms with E-state index in [1.54, 1.807) is 6.92 Å². The first kappa shape index (κ1) is 34.4. The topological polar surface area (TPSA) is 0 Å². The lowest BCUT2D eigenvalue weighted by Crippen LogP contribution is -2.74. The SMILES string of the molecule is C=CCC(F)(F)C(F)(F)C(F)(F)C(F)(F)C(F)(F)C(F)(F)C(F)(F)C(F)(F)CC(I)CCCCC. The normalized spacial score (nSPS) is 16.4. The summed E-state index contributed by atoms with van der Waals surface area (Å²) < 4.78 is 218. The maximum Gasteiger partial charge on any atom is 0.384 e. The molecule has 0 aromatic carbocycles. The van der Waals surface area contributed by atoms with Gasteiger partial charge in [0.1, 0.15) is 0 Å². The highest BCUT2D eigenvalue weighted by Gasteiger charge is 2.94. The Bertz CT molecular complexity index is 715. The third kappa shape index (κ3) is 5.62. The zero-order chi connectivity index (χ0) is 28.5. The van der Waals surface area contributed by atoms with Crippen LogP contribution in [-0.2, 0) is 0 Å². The van der Waals surface area contributed by atoms with Crippen molar-refractivity contribution in [3.63, 3.8) is 0 Å². The molecule has 0 aliphatic carbocycles. The molecule has 0 heterocycles. The predicted molar refractivity (Wildman–Crippen MR) is 101 cm³/mol. The van der Waals surface area contributed by atoms with Crippen LogP contribution in [0.4, 0.5) is 70.2 Å². The molecule has 0 saturated carbocycles. The van der Waals surface area contributed by atoms with Gasteiger partial charge in [0, 0.05) is 16.8 Å². The Labute approximate surface area is 202 Å². The lowest BCUT2D eigenvalue weighted by Gasteiger charge is -2.43. The maximum absolute atomic E-state index is 13.9. The molecule has 210 valence electrons. The summed E-state index contributed by atoms with van der Waals surface area (Å²) in [5.74, 6) is -60.6. The summed E-state index contributed by atoms with van der Waals surface area (Å²) in [5, 5.41) is 0. The van der Waals surface area contributed by atoms with Crippen LogP contribution in [-0.4, -0.2) is 51.3 Å². The summed E-state index contributed by atoms with van der Waals surface area (Å²) >= 11 is 1.05. The van der Waals surface area contributed by atoms with Gasteiger partial charge in [0.15, 0.2) is 0 Å². The largest absolute Gasteiger partial charge is 0.384 e. The van der Waals surface area contributed by atoms with Crippen LogP contribution in [0.25, 0.3) is 0 Å². The maximum atomic E-state index is 13.9. The fourth-order valence-corrected chi connectivity index (χ4v) is 3.68. The minimum absolute atomic E-state index is 0.0800. The average molecular weight is 666 g/mol. The summed E-state index contributed by atoms with van der Waals surface area (Å²) in [6.07, 6.45) is -4.55. The first-order valence-corrected chi connectivity index (χ1v) is 10.8. The number of rotatable bonds is 15. The molecular formula is C18H19F16I. The quantitative estimate of drug-likeness (QED) is 0.0538. The van der Waals surface area contributed by atoms with Crippen LogP contribution < -0.4 is 0 Å². The van der Waals surface area contributed by atoms with E-state index in [0.29, 0.717) is 12.8 Å². The summed E-state index contributed by atoms with van der Waals surface area (Å²) in [6, 6.07) is 0. The highest BCUT2D eigenvalue weighted by atomic mass is 127. The molecule has 0 aromatic heterocycles. The molecule has 0 saturated heterocycles. The Morgan fingerprint density at radius 1 is 0.600 bits per heavy atom. The minimum Gasteiger partial charge on any atom is -0.200 e. The van der Waals surface area contributed by atoms with Crippen molar-refractivity contribution in [3.05, 3.63) is 12.7 Å². The smallest absolute Gasteiger partial charge is 0.200 e. The van der Waals surface area contributed by atoms with E-state index in [0.717, 1.165) is 22.6 Å². The molecule has 0 aliphatic rings. The molecule has 0 radical (unpaired) electrons. The number of hydrogen-bond donors (Lipinski definition) is 0. The van der Waals surface area contributed by atoms with Gasteiger partial charge in [-0.2, -0.15) is 70.2 Å². The lowest BCUT2D eigenvalue weighted by atomic mass is 9.86. The molecule has 0 aliphatic heterocycles. The van der Waals surface area contributed by atoms with Crippen molar-refractivity contribution in [2.75, 3.05) is 0 Å². The van der Waals surface area contributed by atoms with Crippen molar-refractivity contribution in [1.82, 2.24) is 0 Å². The van der Waals surface area contributed by atoms with Gasteiger partial charge in [-0.15, -0.1) is 6.58 Å². The molecule has 17 heteroatoms. The number of allylic oxidation sites excluding steroid dienone is 1. The van der Waals surface area contributed by atoms with Crippen molar-refractivity contribution in [2.24, 2.45) is 0 Å². The van der Waals surface area contributed by atoms with E-state index < -0.39 is 64.1 Å². The Morgan fingerprint density at radius 3 is 1.29 bits per heavy atom. The fourth-order valence-electron chi connectivity index (χ4n) is 2.68. The summed E-state index contributed by atoms with van der Waals surface area (Å²) in [6.45, 7) is 4.03. The van der Waals surface area contributed by atoms with E-state index >= 15 is 0 Å². The number of hydrogen-bond acceptors (Lipinski definition) is 0. The van der Waals surface area contributed by atoms with Crippen molar-refractivity contribution in [2.45, 2.75) is 96.8 Å². The third-order valence-electron chi connectivity index (χ3n) is 4.89. The first-order valence-electron chi connectivity index (χ1n) is 9.54. The van der Waals surface area contributed by atoms with Crippen molar-refractivity contribution >= 4 is 22.6 Å². The van der Waals surface area contributed by atoms with Gasteiger partial charge >= 0.3 is 47.4 Å². The molecule has 1 atom stereocenters. The van der Waals surface area contributed by atoms with E-state index in [2.05, 4.69) is 6.58 Å². The summed E-state index contributed by atoms with van der Waals surface area (Å²) in [7, 11) is 0. The summed E-state index contributed by atoms with van der Waals surface area (Å²) in [4.78, 5) is 0. The Balaban J connectivity index is 6.47. The third-order valence-corrected chi connectivity index (χ3v) is 5.95. The van der Waals surface area contributed by atoms with Gasteiger partial charge in [0.25, 0.3) is 0 Å². The predicted octanol–water partition coefficient (Wildman–Crippen LogP) is 9.42. The van der Waals surface area contributed by atoms with Crippen LogP contribution in [0.1, 0.15) is 45.4 Å². The zero-order valence-corrected chi connectivity index (χ0v) is 19.7. The molecule has 0 nitrogen and oxygen atoms in total. The monoisotopic (exact) mass is 666 g/mol. The number of halogens is 17. The van der Waals surface area contributed by atoms with Crippen LogP contribution in [0.5, 0.6) is 0 Å². The molecule has 0 fully saturated rings. The van der Waals surface area contributed by atoms with Gasteiger partial charge in [-0.25, -0.2) is 0 Å². The molecule has 1 unspecified atom stereocenters. The van der Waals surface area contributed by atoms with Gasteiger partial charge in [0.05, 0.1) is 0 Å². The second-order valence-corrected chi connectivity index (χ2v) is 9.41. The molecule has 0 bridgehead atoms. The van der Waals surface area contributed by atoms with Crippen LogP contribution in [0.3, 0.4) is 0 Å². The highest BCUT2D eigenvalue weighted by Crippen LogP contribution is 2.64. The highest BCUT2D eigenvalue weighted by molar-refractivity contribution is 14.1. The average Bonchev–Trinajstić information content (AvgIpc) is 2.66. The number of unbranched alkanes of at least 4 members (excludes halogenated alkanes) is 2. The molecular weight excluding hydrogens is 647 g/mol. The van der Waals surface area contributed by atoms with E-state index in [9.17, 15) is 70.2 Å². The zero-order valence-electron chi connectivity index (χ0n) is 17.5. The van der Waals surface area contributed by atoms with Gasteiger partial charge in [0.2, 0.25) is 0 Å². The standard InChI is InChI=1S/C18H19F16I/c1-3-5-6-7-10(35)9-12(21,22)14(25,26)16(29,30)18(33,34)17(31,32)15(27,28)13(23,24)11(19,20)8-4-2/h4,10H,2-3,5-9H2,1H3. The van der Waals surface area contributed by atoms with Gasteiger partial charge in [-0.1, -0.05) is 54.9 Å². The first-order chi connectivity index (χ1) is 15.3. The minimum atomic E-state index is -8.37. The Morgan fingerprint density at radius 2 is 0.943 bits per heavy atom. The molecule has 0 rings (SSSR count). The van der Waals surface area contributed by atoms with Crippen molar-refractivity contribution < 1.29 is 70.2 Å². The van der Waals surface area contributed by atoms with Crippen LogP contribution in [0.15, 0.2) is 12.7 Å². The van der Waals surface area contributed by atoms with E-state index in [1.165, 1.54) is 0 Å². The van der Waals surface area contributed by atoms with Crippen LogP contribution in [0.2, 0.25) is 0 Å². The molecule has 0 amide bonds. The van der Waals surface area contributed by atoms with Gasteiger partial charge in [-0.3, -0.25) is 0 Å². The number of alkyl halides is 17. The van der Waals surface area contributed by atoms with Gasteiger partial charge in [-0.05, 0) is 6.42 Å². The van der Waals surface area contributed by atoms with Crippen LogP contribution in [0, 0.1) is 0 Å². The second kappa shape index (κ2) is 10.6. The van der Waals surface area contributed by atoms with Crippen molar-refractivity contribution in [1.29, 1.82) is 0 Å². The second-order valence-electron chi connectivity index (χ2n) is 7.65. The van der Waals surface area contributed by atoms with Crippen molar-refractivity contribution in [3.8, 4) is 0 Å². The van der Waals surface area contributed by atoms with Crippen LogP contribution >= 0.6 is 22.6 Å². The molecule has 35 heavy (non-hydrogen) atoms. The molecule has 0 spiro atoms. The van der Waals surface area contributed by atoms with E-state index in [4.69, 9.17) is 0 Å². The molecule has 0 aromatic rings. The van der Waals surface area contributed by atoms with E-state index in [-0.39, 0.29) is 18.9 Å².